The van der Waals surface area contributed by atoms with E-state index in [0.717, 1.165) is 16.8 Å². The minimum Gasteiger partial charge on any atom is -0.334 e. The van der Waals surface area contributed by atoms with Crippen LogP contribution >= 0.6 is 0 Å². The van der Waals surface area contributed by atoms with Crippen molar-refractivity contribution in [2.45, 2.75) is 19.5 Å². The molecule has 3 N–H and O–H groups in total. The summed E-state index contributed by atoms with van der Waals surface area (Å²) in [6, 6.07) is 17.7. The number of anilines is 1. The minimum atomic E-state index is -0.201. The van der Waals surface area contributed by atoms with Crippen LogP contribution in [0.3, 0.4) is 0 Å². The summed E-state index contributed by atoms with van der Waals surface area (Å²) in [6.45, 7) is 2.59. The van der Waals surface area contributed by atoms with Gasteiger partial charge >= 0.3 is 6.03 Å². The lowest BCUT2D eigenvalue weighted by molar-refractivity contribution is 0.251. The first kappa shape index (κ1) is 15.1. The van der Waals surface area contributed by atoms with E-state index in [2.05, 4.69) is 22.9 Å². The third-order valence-electron chi connectivity index (χ3n) is 3.37. The van der Waals surface area contributed by atoms with Crippen molar-refractivity contribution in [3.05, 3.63) is 65.7 Å². The Morgan fingerprint density at radius 3 is 2.57 bits per heavy atom. The summed E-state index contributed by atoms with van der Waals surface area (Å²) in [6.07, 6.45) is 0. The fourth-order valence-corrected chi connectivity index (χ4v) is 2.01. The molecule has 0 aromatic heterocycles. The normalized spacial score (nSPS) is 11.7. The van der Waals surface area contributed by atoms with Gasteiger partial charge in [0.1, 0.15) is 0 Å². The molecule has 2 amide bonds. The predicted molar refractivity (Wildman–Crippen MR) is 86.2 cm³/mol. The van der Waals surface area contributed by atoms with Gasteiger partial charge < -0.3 is 16.0 Å². The van der Waals surface area contributed by atoms with Crippen LogP contribution in [-0.4, -0.2) is 13.1 Å². The summed E-state index contributed by atoms with van der Waals surface area (Å²) < 4.78 is 0. The molecule has 4 nitrogen and oxygen atoms in total. The lowest BCUT2D eigenvalue weighted by atomic mass is 10.1. The van der Waals surface area contributed by atoms with Crippen LogP contribution in [0.25, 0.3) is 0 Å². The van der Waals surface area contributed by atoms with E-state index in [9.17, 15) is 4.79 Å². The molecule has 0 saturated carbocycles. The molecule has 0 aliphatic rings. The van der Waals surface area contributed by atoms with Crippen molar-refractivity contribution in [1.29, 1.82) is 0 Å². The highest BCUT2D eigenvalue weighted by molar-refractivity contribution is 5.89. The molecule has 1 atom stereocenters. The largest absolute Gasteiger partial charge is 0.334 e. The SMILES string of the molecule is CNC(C)c1cccc(NC(=O)NCc2ccccc2)c1. The fourth-order valence-electron chi connectivity index (χ4n) is 2.01. The Bertz CT molecular complexity index is 584. The molecule has 0 aliphatic heterocycles. The average molecular weight is 283 g/mol. The number of amides is 2. The molecule has 110 valence electrons. The van der Waals surface area contributed by atoms with Gasteiger partial charge in [-0.3, -0.25) is 0 Å². The summed E-state index contributed by atoms with van der Waals surface area (Å²) in [5, 5.41) is 8.88. The minimum absolute atomic E-state index is 0.201. The van der Waals surface area contributed by atoms with Crippen molar-refractivity contribution in [3.63, 3.8) is 0 Å². The van der Waals surface area contributed by atoms with Crippen LogP contribution in [0, 0.1) is 0 Å². The molecular formula is C17H21N3O. The maximum atomic E-state index is 11.9. The van der Waals surface area contributed by atoms with Gasteiger partial charge in [-0.15, -0.1) is 0 Å². The van der Waals surface area contributed by atoms with Gasteiger partial charge in [-0.25, -0.2) is 4.79 Å². The van der Waals surface area contributed by atoms with Gasteiger partial charge in [0.15, 0.2) is 0 Å². The number of hydrogen-bond acceptors (Lipinski definition) is 2. The van der Waals surface area contributed by atoms with Crippen LogP contribution in [-0.2, 0) is 6.54 Å². The molecule has 4 heteroatoms. The third-order valence-corrected chi connectivity index (χ3v) is 3.37. The number of nitrogens with one attached hydrogen (secondary N) is 3. The highest BCUT2D eigenvalue weighted by Gasteiger charge is 2.05. The van der Waals surface area contributed by atoms with Gasteiger partial charge in [0.05, 0.1) is 0 Å². The monoisotopic (exact) mass is 283 g/mol. The molecule has 2 aromatic rings. The second-order valence-corrected chi connectivity index (χ2v) is 4.93. The molecular weight excluding hydrogens is 262 g/mol. The lowest BCUT2D eigenvalue weighted by Gasteiger charge is -2.13. The third kappa shape index (κ3) is 4.61. The van der Waals surface area contributed by atoms with E-state index in [4.69, 9.17) is 0 Å². The number of rotatable bonds is 5. The summed E-state index contributed by atoms with van der Waals surface area (Å²) in [7, 11) is 1.91. The summed E-state index contributed by atoms with van der Waals surface area (Å²) in [5.41, 5.74) is 3.00. The molecule has 0 heterocycles. The second kappa shape index (κ2) is 7.45. The second-order valence-electron chi connectivity index (χ2n) is 4.93. The molecule has 0 aliphatic carbocycles. The molecule has 0 saturated heterocycles. The first-order valence-electron chi connectivity index (χ1n) is 7.05. The van der Waals surface area contributed by atoms with Gasteiger partial charge in [-0.2, -0.15) is 0 Å². The van der Waals surface area contributed by atoms with Gasteiger partial charge in [0, 0.05) is 18.3 Å². The van der Waals surface area contributed by atoms with E-state index < -0.39 is 0 Å². The molecule has 0 spiro atoms. The molecule has 0 bridgehead atoms. The standard InChI is InChI=1S/C17H21N3O/c1-13(18-2)15-9-6-10-16(11-15)20-17(21)19-12-14-7-4-3-5-8-14/h3-11,13,18H,12H2,1-2H3,(H2,19,20,21). The zero-order valence-electron chi connectivity index (χ0n) is 12.4. The number of hydrogen-bond donors (Lipinski definition) is 3. The van der Waals surface area contributed by atoms with E-state index >= 15 is 0 Å². The Labute approximate surface area is 125 Å². The first-order chi connectivity index (χ1) is 10.2. The van der Waals surface area contributed by atoms with Crippen molar-refractivity contribution in [1.82, 2.24) is 10.6 Å². The van der Waals surface area contributed by atoms with Crippen LogP contribution in [0.4, 0.5) is 10.5 Å². The Morgan fingerprint density at radius 2 is 1.86 bits per heavy atom. The Hall–Kier alpha value is -2.33. The molecule has 2 aromatic carbocycles. The lowest BCUT2D eigenvalue weighted by Crippen LogP contribution is -2.28. The van der Waals surface area contributed by atoms with Gasteiger partial charge in [-0.1, -0.05) is 42.5 Å². The topological polar surface area (TPSA) is 53.2 Å². The maximum Gasteiger partial charge on any atom is 0.319 e. The highest BCUT2D eigenvalue weighted by atomic mass is 16.2. The van der Waals surface area contributed by atoms with Crippen LogP contribution in [0.5, 0.6) is 0 Å². The van der Waals surface area contributed by atoms with Crippen molar-refractivity contribution in [2.75, 3.05) is 12.4 Å². The van der Waals surface area contributed by atoms with Gasteiger partial charge in [-0.05, 0) is 37.2 Å². The van der Waals surface area contributed by atoms with Crippen molar-refractivity contribution in [3.8, 4) is 0 Å². The zero-order valence-corrected chi connectivity index (χ0v) is 12.4. The van der Waals surface area contributed by atoms with E-state index in [0.29, 0.717) is 6.54 Å². The summed E-state index contributed by atoms with van der Waals surface area (Å²) in [4.78, 5) is 11.9. The number of carbonyl (C=O) groups is 1. The fraction of sp³-hybridized carbons (Fsp3) is 0.235. The molecule has 2 rings (SSSR count). The highest BCUT2D eigenvalue weighted by Crippen LogP contribution is 2.16. The van der Waals surface area contributed by atoms with Crippen LogP contribution in [0.2, 0.25) is 0 Å². The van der Waals surface area contributed by atoms with E-state index in [1.807, 2.05) is 61.6 Å². The number of benzene rings is 2. The van der Waals surface area contributed by atoms with E-state index in [1.54, 1.807) is 0 Å². The zero-order chi connectivity index (χ0) is 15.1. The molecule has 1 unspecified atom stereocenters. The Balaban J connectivity index is 1.90. The van der Waals surface area contributed by atoms with E-state index in [1.165, 1.54) is 0 Å². The first-order valence-corrected chi connectivity index (χ1v) is 7.05. The predicted octanol–water partition coefficient (Wildman–Crippen LogP) is 3.29. The van der Waals surface area contributed by atoms with Gasteiger partial charge in [0.2, 0.25) is 0 Å². The Kier molecular flexibility index (Phi) is 5.35. The van der Waals surface area contributed by atoms with Crippen LogP contribution < -0.4 is 16.0 Å². The molecule has 21 heavy (non-hydrogen) atoms. The number of carbonyl (C=O) groups excluding carboxylic acids is 1. The van der Waals surface area contributed by atoms with Gasteiger partial charge in [0.25, 0.3) is 0 Å². The average Bonchev–Trinajstić information content (AvgIpc) is 2.53. The number of urea groups is 1. The van der Waals surface area contributed by atoms with Crippen LogP contribution in [0.1, 0.15) is 24.1 Å². The van der Waals surface area contributed by atoms with Crippen molar-refractivity contribution < 1.29 is 4.79 Å². The van der Waals surface area contributed by atoms with Crippen molar-refractivity contribution >= 4 is 11.7 Å². The molecule has 0 radical (unpaired) electrons. The quantitative estimate of drug-likeness (QED) is 0.788. The van der Waals surface area contributed by atoms with Crippen LogP contribution in [0.15, 0.2) is 54.6 Å². The Morgan fingerprint density at radius 1 is 1.10 bits per heavy atom. The molecule has 0 fully saturated rings. The van der Waals surface area contributed by atoms with Crippen molar-refractivity contribution in [2.24, 2.45) is 0 Å². The van der Waals surface area contributed by atoms with E-state index in [-0.39, 0.29) is 12.1 Å². The maximum absolute atomic E-state index is 11.9. The summed E-state index contributed by atoms with van der Waals surface area (Å²) in [5.74, 6) is 0. The smallest absolute Gasteiger partial charge is 0.319 e. The summed E-state index contributed by atoms with van der Waals surface area (Å²) >= 11 is 0.